The predicted molar refractivity (Wildman–Crippen MR) is 175 cm³/mol. The number of aliphatic hydroxyl groups excluding tert-OH is 6. The number of hydrogen-bond donors (Lipinski definition) is 6. The van der Waals surface area contributed by atoms with Crippen LogP contribution in [-0.2, 0) is 28.8 Å². The Morgan fingerprint density at radius 1 is 0.840 bits per heavy atom. The molecule has 1 saturated heterocycles. The minimum Gasteiger partial charge on any atom is -0.726 e. The summed E-state index contributed by atoms with van der Waals surface area (Å²) in [7, 11) is -3.66. The molecule has 7 unspecified atom stereocenters. The summed E-state index contributed by atoms with van der Waals surface area (Å²) in [4.78, 5) is 0. The smallest absolute Gasteiger partial charge is 0.726 e. The number of ether oxygens (including phenoxy) is 3. The van der Waals surface area contributed by atoms with Crippen LogP contribution < -0.4 is 29.6 Å². The summed E-state index contributed by atoms with van der Waals surface area (Å²) in [5, 5.41) is 65.8. The van der Waals surface area contributed by atoms with Crippen LogP contribution in [0.2, 0.25) is 0 Å². The van der Waals surface area contributed by atoms with E-state index in [1.54, 1.807) is 0 Å². The largest absolute Gasteiger partial charge is 1.00 e. The Hall–Kier alpha value is 0.510. The van der Waals surface area contributed by atoms with Gasteiger partial charge in [0.2, 0.25) is 10.4 Å². The van der Waals surface area contributed by atoms with Crippen molar-refractivity contribution in [2.75, 3.05) is 20.3 Å². The second kappa shape index (κ2) is 16.7. The van der Waals surface area contributed by atoms with Crippen LogP contribution in [0.3, 0.4) is 0 Å². The van der Waals surface area contributed by atoms with E-state index in [1.807, 2.05) is 6.92 Å². The molecule has 15 heteroatoms. The first kappa shape index (κ1) is 43.2. The molecule has 1 heterocycles. The first-order valence-electron chi connectivity index (χ1n) is 18.3. The molecule has 0 aromatic heterocycles. The second-order valence-corrected chi connectivity index (χ2v) is 17.9. The van der Waals surface area contributed by atoms with Crippen molar-refractivity contribution < 1.29 is 91.6 Å². The Bertz CT molecular complexity index is 1230. The first-order valence-corrected chi connectivity index (χ1v) is 19.7. The van der Waals surface area contributed by atoms with Crippen molar-refractivity contribution in [3.63, 3.8) is 0 Å². The summed E-state index contributed by atoms with van der Waals surface area (Å²) in [5.74, 6) is -0.919. The van der Waals surface area contributed by atoms with Crippen LogP contribution in [0, 0.1) is 58.2 Å². The van der Waals surface area contributed by atoms with Gasteiger partial charge in [0, 0.05) is 13.0 Å². The summed E-state index contributed by atoms with van der Waals surface area (Å²) >= 11 is 0. The molecule has 0 bridgehead atoms. The van der Waals surface area contributed by atoms with Crippen molar-refractivity contribution in [1.82, 2.24) is 0 Å². The molecule has 50 heavy (non-hydrogen) atoms. The van der Waals surface area contributed by atoms with Gasteiger partial charge < -0.3 is 49.4 Å². The van der Waals surface area contributed by atoms with E-state index < -0.39 is 82.3 Å². The molecule has 5 aliphatic rings. The van der Waals surface area contributed by atoms with Gasteiger partial charge in [0.1, 0.15) is 18.3 Å². The molecular weight excluding hydrogens is 683 g/mol. The summed E-state index contributed by atoms with van der Waals surface area (Å²) in [6.45, 7) is 11.0. The third-order valence-corrected chi connectivity index (χ3v) is 14.6. The van der Waals surface area contributed by atoms with Gasteiger partial charge in [0.05, 0.1) is 43.7 Å². The SMILES string of the molecule is CO[C@@H]1CO[C@@H](OCC[C@@H](CCC(C)C2[C@@H](O)C(O)C3[C@@H]4CC(OS(=O)(=O)[O-])C5[C@@H](O)[C@@H](O)CC[C@]5(C)C4CC[C@]23C)C(C)C)[C@H](O)[C@H]1O.[Na+]. The van der Waals surface area contributed by atoms with Crippen LogP contribution in [0.5, 0.6) is 0 Å². The molecule has 0 radical (unpaired) electrons. The van der Waals surface area contributed by atoms with Crippen molar-refractivity contribution >= 4 is 10.4 Å². The molecule has 0 spiro atoms. The minimum atomic E-state index is -5.11. The van der Waals surface area contributed by atoms with Gasteiger partial charge in [-0.05, 0) is 97.2 Å². The van der Waals surface area contributed by atoms with E-state index >= 15 is 0 Å². The minimum absolute atomic E-state index is 0. The maximum atomic E-state index is 11.9. The molecule has 18 atom stereocenters. The maximum Gasteiger partial charge on any atom is 1.00 e. The summed E-state index contributed by atoms with van der Waals surface area (Å²) in [6, 6.07) is 0. The molecule has 1 aliphatic heterocycles. The molecule has 5 fully saturated rings. The molecule has 0 amide bonds. The zero-order valence-corrected chi connectivity index (χ0v) is 33.7. The van der Waals surface area contributed by atoms with E-state index in [-0.39, 0.29) is 78.1 Å². The van der Waals surface area contributed by atoms with E-state index in [1.165, 1.54) is 7.11 Å². The number of methoxy groups -OCH3 is 1. The van der Waals surface area contributed by atoms with E-state index in [0.29, 0.717) is 31.8 Å². The maximum absolute atomic E-state index is 11.9. The van der Waals surface area contributed by atoms with Crippen molar-refractivity contribution in [2.45, 2.75) is 141 Å². The molecule has 0 aromatic carbocycles. The summed E-state index contributed by atoms with van der Waals surface area (Å²) in [6.07, 6.45) is -4.43. The fourth-order valence-corrected chi connectivity index (χ4v) is 12.1. The van der Waals surface area contributed by atoms with Crippen LogP contribution in [0.15, 0.2) is 0 Å². The number of rotatable bonds is 12. The number of hydrogen-bond acceptors (Lipinski definition) is 13. The second-order valence-electron chi connectivity index (χ2n) is 16.9. The van der Waals surface area contributed by atoms with Gasteiger partial charge in [-0.15, -0.1) is 0 Å². The molecule has 6 N–H and O–H groups in total. The monoisotopic (exact) mass is 744 g/mol. The summed E-state index contributed by atoms with van der Waals surface area (Å²) < 4.78 is 57.4. The standard InChI is InChI=1S/C35H62O13S.Na/c1-17(2)19(11-14-46-33-32(41)29(38)24(45-6)16-47-33)8-7-18(3)25-30(39)31(40)26-20-15-23(48-49(42,43)44)27-28(37)22(36)10-13-34(27,4)21(20)9-12-35(25,26)5;/h17-33,36-41H,7-16H2,1-6H3,(H,42,43,44);/q;+1/p-1/t18?,19-,20-,21?,22+,23?,24-,25?,26?,27?,28+,29+,30-,31?,32-,33-,34-,35-;/m1./s1. The third-order valence-electron chi connectivity index (χ3n) is 14.1. The van der Waals surface area contributed by atoms with E-state index in [4.69, 9.17) is 18.4 Å². The average Bonchev–Trinajstić information content (AvgIpc) is 3.22. The third kappa shape index (κ3) is 8.21. The zero-order chi connectivity index (χ0) is 36.2. The van der Waals surface area contributed by atoms with Crippen LogP contribution in [-0.4, -0.2) is 119 Å². The topological polar surface area (TPSA) is 215 Å². The van der Waals surface area contributed by atoms with Crippen LogP contribution in [0.4, 0.5) is 0 Å². The van der Waals surface area contributed by atoms with Gasteiger partial charge >= 0.3 is 29.6 Å². The van der Waals surface area contributed by atoms with Crippen molar-refractivity contribution in [3.05, 3.63) is 0 Å². The van der Waals surface area contributed by atoms with E-state index in [2.05, 4.69) is 27.7 Å². The zero-order valence-electron chi connectivity index (χ0n) is 30.8. The van der Waals surface area contributed by atoms with Crippen molar-refractivity contribution in [2.24, 2.45) is 58.2 Å². The Labute approximate surface area is 320 Å². The normalized spacial score (nSPS) is 47.5. The molecule has 13 nitrogen and oxygen atoms in total. The van der Waals surface area contributed by atoms with Gasteiger partial charge in [-0.2, -0.15) is 0 Å². The molecule has 5 rings (SSSR count). The van der Waals surface area contributed by atoms with E-state index in [9.17, 15) is 43.6 Å². The molecular formula is C35H61NaO13S. The Morgan fingerprint density at radius 3 is 2.12 bits per heavy atom. The van der Waals surface area contributed by atoms with Crippen LogP contribution in [0.1, 0.15) is 86.0 Å². The van der Waals surface area contributed by atoms with Crippen LogP contribution >= 0.6 is 0 Å². The van der Waals surface area contributed by atoms with Gasteiger partial charge in [0.15, 0.2) is 6.29 Å². The van der Waals surface area contributed by atoms with Gasteiger partial charge in [-0.1, -0.05) is 41.0 Å². The molecule has 4 saturated carbocycles. The summed E-state index contributed by atoms with van der Waals surface area (Å²) in [5.41, 5.74) is -1.08. The molecule has 4 aliphatic carbocycles. The van der Waals surface area contributed by atoms with Crippen molar-refractivity contribution in [1.29, 1.82) is 0 Å². The van der Waals surface area contributed by atoms with Gasteiger partial charge in [-0.3, -0.25) is 4.18 Å². The van der Waals surface area contributed by atoms with Crippen molar-refractivity contribution in [3.8, 4) is 0 Å². The molecule has 286 valence electrons. The number of fused-ring (bicyclic) bond motifs is 5. The fourth-order valence-electron chi connectivity index (χ4n) is 11.6. The Kier molecular flexibility index (Phi) is 14.4. The Balaban J connectivity index is 0.00000562. The van der Waals surface area contributed by atoms with E-state index in [0.717, 1.165) is 25.7 Å². The average molecular weight is 745 g/mol. The Morgan fingerprint density at radius 2 is 1.50 bits per heavy atom. The molecule has 0 aromatic rings. The van der Waals surface area contributed by atoms with Gasteiger partial charge in [-0.25, -0.2) is 8.42 Å². The predicted octanol–water partition coefficient (Wildman–Crippen LogP) is -1.43. The first-order chi connectivity index (χ1) is 22.9. The van der Waals surface area contributed by atoms with Gasteiger partial charge in [0.25, 0.3) is 0 Å². The van der Waals surface area contributed by atoms with Crippen LogP contribution in [0.25, 0.3) is 0 Å². The fraction of sp³-hybridized carbons (Fsp3) is 1.00. The number of aliphatic hydroxyl groups is 6. The quantitative estimate of drug-likeness (QED) is 0.0769.